The molecule has 1 amide bonds. The SMILES string of the molecule is CC1(C)C(=O)Nc2ccc(F)cc21.Cl. The van der Waals surface area contributed by atoms with Crippen molar-refractivity contribution < 1.29 is 9.18 Å². The van der Waals surface area contributed by atoms with Gasteiger partial charge in [-0.15, -0.1) is 12.4 Å². The molecule has 0 radical (unpaired) electrons. The zero-order chi connectivity index (χ0) is 9.64. The average Bonchev–Trinajstić information content (AvgIpc) is 2.27. The summed E-state index contributed by atoms with van der Waals surface area (Å²) in [4.78, 5) is 11.4. The Bertz CT molecular complexity index is 390. The van der Waals surface area contributed by atoms with E-state index in [1.54, 1.807) is 19.9 Å². The molecule has 0 atom stereocenters. The highest BCUT2D eigenvalue weighted by Crippen LogP contribution is 2.37. The molecule has 1 N–H and O–H groups in total. The number of anilines is 1. The van der Waals surface area contributed by atoms with Crippen LogP contribution >= 0.6 is 12.4 Å². The van der Waals surface area contributed by atoms with E-state index in [1.165, 1.54) is 12.1 Å². The van der Waals surface area contributed by atoms with Crippen LogP contribution in [0.5, 0.6) is 0 Å². The van der Waals surface area contributed by atoms with Crippen LogP contribution in [-0.2, 0) is 10.2 Å². The summed E-state index contributed by atoms with van der Waals surface area (Å²) in [7, 11) is 0. The Balaban J connectivity index is 0.000000980. The van der Waals surface area contributed by atoms with Crippen LogP contribution < -0.4 is 5.32 Å². The van der Waals surface area contributed by atoms with Crippen molar-refractivity contribution in [3.63, 3.8) is 0 Å². The van der Waals surface area contributed by atoms with E-state index in [-0.39, 0.29) is 24.1 Å². The fraction of sp³-hybridized carbons (Fsp3) is 0.300. The third kappa shape index (κ3) is 1.38. The largest absolute Gasteiger partial charge is 0.325 e. The number of amides is 1. The van der Waals surface area contributed by atoms with Gasteiger partial charge in [-0.05, 0) is 37.6 Å². The maximum Gasteiger partial charge on any atom is 0.234 e. The van der Waals surface area contributed by atoms with Gasteiger partial charge < -0.3 is 5.32 Å². The van der Waals surface area contributed by atoms with Crippen molar-refractivity contribution in [3.8, 4) is 0 Å². The van der Waals surface area contributed by atoms with Crippen LogP contribution in [0.4, 0.5) is 10.1 Å². The molecule has 2 nitrogen and oxygen atoms in total. The summed E-state index contributed by atoms with van der Waals surface area (Å²) >= 11 is 0. The van der Waals surface area contributed by atoms with Gasteiger partial charge in [-0.2, -0.15) is 0 Å². The highest BCUT2D eigenvalue weighted by atomic mass is 35.5. The molecule has 1 aliphatic heterocycles. The molecule has 0 spiro atoms. The van der Waals surface area contributed by atoms with Crippen LogP contribution in [0.1, 0.15) is 19.4 Å². The summed E-state index contributed by atoms with van der Waals surface area (Å²) in [5, 5.41) is 2.71. The molecule has 0 aromatic heterocycles. The van der Waals surface area contributed by atoms with Crippen molar-refractivity contribution in [1.82, 2.24) is 0 Å². The molecule has 1 aliphatic rings. The second-order valence-corrected chi connectivity index (χ2v) is 3.77. The summed E-state index contributed by atoms with van der Waals surface area (Å²) in [5.74, 6) is -0.378. The van der Waals surface area contributed by atoms with E-state index in [9.17, 15) is 9.18 Å². The lowest BCUT2D eigenvalue weighted by molar-refractivity contribution is -0.119. The maximum atomic E-state index is 12.9. The van der Waals surface area contributed by atoms with E-state index < -0.39 is 5.41 Å². The number of hydrogen-bond acceptors (Lipinski definition) is 1. The highest BCUT2D eigenvalue weighted by molar-refractivity contribution is 6.05. The fourth-order valence-electron chi connectivity index (χ4n) is 1.54. The lowest BCUT2D eigenvalue weighted by Crippen LogP contribution is -2.26. The number of fused-ring (bicyclic) bond motifs is 1. The smallest absolute Gasteiger partial charge is 0.234 e. The molecule has 0 saturated heterocycles. The summed E-state index contributed by atoms with van der Waals surface area (Å²) in [6, 6.07) is 4.35. The van der Waals surface area contributed by atoms with Crippen LogP contribution in [0, 0.1) is 5.82 Å². The van der Waals surface area contributed by atoms with Gasteiger partial charge in [-0.3, -0.25) is 4.79 Å². The predicted octanol–water partition coefficient (Wildman–Crippen LogP) is 2.48. The number of nitrogens with one attached hydrogen (secondary N) is 1. The van der Waals surface area contributed by atoms with Crippen molar-refractivity contribution in [2.75, 3.05) is 5.32 Å². The molecule has 0 bridgehead atoms. The molecule has 2 rings (SSSR count). The predicted molar refractivity (Wildman–Crippen MR) is 55.3 cm³/mol. The summed E-state index contributed by atoms with van der Waals surface area (Å²) in [5.41, 5.74) is 0.839. The number of halogens is 2. The average molecular weight is 216 g/mol. The molecule has 76 valence electrons. The summed E-state index contributed by atoms with van der Waals surface area (Å²) in [6.07, 6.45) is 0. The van der Waals surface area contributed by atoms with Gasteiger partial charge in [0.15, 0.2) is 0 Å². The van der Waals surface area contributed by atoms with Crippen molar-refractivity contribution in [2.45, 2.75) is 19.3 Å². The topological polar surface area (TPSA) is 29.1 Å². The molecule has 0 saturated carbocycles. The van der Waals surface area contributed by atoms with Crippen LogP contribution in [0.2, 0.25) is 0 Å². The third-order valence-corrected chi connectivity index (χ3v) is 2.47. The fourth-order valence-corrected chi connectivity index (χ4v) is 1.54. The first kappa shape index (κ1) is 11.0. The summed E-state index contributed by atoms with van der Waals surface area (Å²) < 4.78 is 12.9. The van der Waals surface area contributed by atoms with Crippen LogP contribution in [0.25, 0.3) is 0 Å². The van der Waals surface area contributed by atoms with Gasteiger partial charge in [0, 0.05) is 5.69 Å². The molecule has 0 fully saturated rings. The monoisotopic (exact) mass is 215 g/mol. The number of hydrogen-bond donors (Lipinski definition) is 1. The Morgan fingerprint density at radius 3 is 2.64 bits per heavy atom. The molecule has 4 heteroatoms. The summed E-state index contributed by atoms with van der Waals surface area (Å²) in [6.45, 7) is 3.57. The third-order valence-electron chi connectivity index (χ3n) is 2.47. The molecule has 14 heavy (non-hydrogen) atoms. The van der Waals surface area contributed by atoms with Gasteiger partial charge in [-0.25, -0.2) is 4.39 Å². The highest BCUT2D eigenvalue weighted by Gasteiger charge is 2.38. The molecule has 1 heterocycles. The first-order valence-corrected chi connectivity index (χ1v) is 4.13. The van der Waals surface area contributed by atoms with Crippen LogP contribution in [-0.4, -0.2) is 5.91 Å². The van der Waals surface area contributed by atoms with Gasteiger partial charge in [0.05, 0.1) is 5.41 Å². The Kier molecular flexibility index (Phi) is 2.54. The van der Waals surface area contributed by atoms with Crippen molar-refractivity contribution in [2.24, 2.45) is 0 Å². The Hall–Kier alpha value is -1.09. The first-order valence-electron chi connectivity index (χ1n) is 4.13. The van der Waals surface area contributed by atoms with Gasteiger partial charge in [0.25, 0.3) is 0 Å². The van der Waals surface area contributed by atoms with E-state index in [0.29, 0.717) is 0 Å². The lowest BCUT2D eigenvalue weighted by Gasteiger charge is -2.14. The lowest BCUT2D eigenvalue weighted by atomic mass is 9.86. The van der Waals surface area contributed by atoms with E-state index >= 15 is 0 Å². The molecular formula is C10H11ClFNO. The molecule has 1 aromatic carbocycles. The van der Waals surface area contributed by atoms with Gasteiger partial charge in [0.1, 0.15) is 5.82 Å². The van der Waals surface area contributed by atoms with Gasteiger partial charge in [0.2, 0.25) is 5.91 Å². The standard InChI is InChI=1S/C10H10FNO.ClH/c1-10(2)7-5-6(11)3-4-8(7)12-9(10)13;/h3-5H,1-2H3,(H,12,13);1H. The normalized spacial score (nSPS) is 16.9. The minimum atomic E-state index is -0.614. The molecule has 1 aromatic rings. The van der Waals surface area contributed by atoms with Gasteiger partial charge >= 0.3 is 0 Å². The molecule has 0 aliphatic carbocycles. The molecular weight excluding hydrogens is 205 g/mol. The van der Waals surface area contributed by atoms with E-state index in [0.717, 1.165) is 11.3 Å². The van der Waals surface area contributed by atoms with E-state index in [1.807, 2.05) is 0 Å². The number of carbonyl (C=O) groups is 1. The second kappa shape index (κ2) is 3.24. The second-order valence-electron chi connectivity index (χ2n) is 3.77. The molecule has 0 unspecified atom stereocenters. The van der Waals surface area contributed by atoms with Crippen molar-refractivity contribution in [3.05, 3.63) is 29.6 Å². The van der Waals surface area contributed by atoms with E-state index in [2.05, 4.69) is 5.32 Å². The first-order chi connectivity index (χ1) is 6.01. The van der Waals surface area contributed by atoms with Crippen molar-refractivity contribution >= 4 is 24.0 Å². The van der Waals surface area contributed by atoms with Crippen LogP contribution in [0.15, 0.2) is 18.2 Å². The Labute approximate surface area is 87.9 Å². The van der Waals surface area contributed by atoms with Crippen molar-refractivity contribution in [1.29, 1.82) is 0 Å². The van der Waals surface area contributed by atoms with E-state index in [4.69, 9.17) is 0 Å². The number of carbonyl (C=O) groups excluding carboxylic acids is 1. The van der Waals surface area contributed by atoms with Crippen LogP contribution in [0.3, 0.4) is 0 Å². The Morgan fingerprint density at radius 2 is 2.00 bits per heavy atom. The quantitative estimate of drug-likeness (QED) is 0.708. The van der Waals surface area contributed by atoms with Gasteiger partial charge in [-0.1, -0.05) is 0 Å². The maximum absolute atomic E-state index is 12.9. The number of benzene rings is 1. The minimum absolute atomic E-state index is 0. The zero-order valence-electron chi connectivity index (χ0n) is 7.93. The number of rotatable bonds is 0. The minimum Gasteiger partial charge on any atom is -0.325 e. The Morgan fingerprint density at radius 1 is 1.36 bits per heavy atom. The zero-order valence-corrected chi connectivity index (χ0v) is 8.74.